The van der Waals surface area contributed by atoms with Crippen LogP contribution in [0, 0.1) is 0 Å². The summed E-state index contributed by atoms with van der Waals surface area (Å²) >= 11 is 0. The van der Waals surface area contributed by atoms with Gasteiger partial charge in [0.25, 0.3) is 0 Å². The zero-order chi connectivity index (χ0) is 22.6. The third-order valence-electron chi connectivity index (χ3n) is 5.93. The molecule has 0 amide bonds. The number of benzene rings is 2. The Balaban J connectivity index is 0.00000274. The van der Waals surface area contributed by atoms with E-state index in [9.17, 15) is 0 Å². The van der Waals surface area contributed by atoms with Crippen LogP contribution in [0.3, 0.4) is 0 Å². The van der Waals surface area contributed by atoms with E-state index >= 15 is 0 Å². The molecule has 2 aromatic heterocycles. The molecular weight excluding hydrogens is 460 g/mol. The number of nitrogens with one attached hydrogen (secondary N) is 1. The van der Waals surface area contributed by atoms with Gasteiger partial charge in [-0.3, -0.25) is 4.90 Å². The van der Waals surface area contributed by atoms with E-state index in [-0.39, 0.29) is 12.4 Å². The van der Waals surface area contributed by atoms with Crippen LogP contribution in [0.5, 0.6) is 17.2 Å². The number of aromatic nitrogens is 3. The van der Waals surface area contributed by atoms with E-state index in [1.165, 1.54) is 6.33 Å². The highest BCUT2D eigenvalue weighted by atomic mass is 35.5. The summed E-state index contributed by atoms with van der Waals surface area (Å²) in [5, 5.41) is 10.9. The Morgan fingerprint density at radius 2 is 1.94 bits per heavy atom. The van der Waals surface area contributed by atoms with E-state index in [0.29, 0.717) is 29.4 Å². The van der Waals surface area contributed by atoms with Gasteiger partial charge in [-0.25, -0.2) is 15.2 Å². The first-order valence-electron chi connectivity index (χ1n) is 11.0. The minimum absolute atomic E-state index is 0. The summed E-state index contributed by atoms with van der Waals surface area (Å²) in [7, 11) is 1.63. The number of fused-ring (bicyclic) bond motifs is 2. The van der Waals surface area contributed by atoms with Gasteiger partial charge in [0, 0.05) is 48.2 Å². The van der Waals surface area contributed by atoms with Crippen molar-refractivity contribution in [2.45, 2.75) is 6.42 Å². The summed E-state index contributed by atoms with van der Waals surface area (Å²) in [5.41, 5.74) is 3.07. The van der Waals surface area contributed by atoms with Gasteiger partial charge in [-0.05, 0) is 18.6 Å². The monoisotopic (exact) mass is 486 g/mol. The average Bonchev–Trinajstić information content (AvgIpc) is 3.30. The van der Waals surface area contributed by atoms with Gasteiger partial charge in [-0.2, -0.15) is 0 Å². The third kappa shape index (κ3) is 4.74. The van der Waals surface area contributed by atoms with Crippen LogP contribution in [0.25, 0.3) is 33.1 Å². The molecule has 10 heteroatoms. The molecule has 1 aliphatic rings. The number of aromatic amines is 1. The van der Waals surface area contributed by atoms with Crippen molar-refractivity contribution in [1.29, 1.82) is 0 Å². The summed E-state index contributed by atoms with van der Waals surface area (Å²) in [5.74, 6) is 1.64. The zero-order valence-corrected chi connectivity index (χ0v) is 19.6. The Hall–Kier alpha value is -3.11. The Labute approximate surface area is 203 Å². The predicted molar refractivity (Wildman–Crippen MR) is 131 cm³/mol. The molecule has 9 nitrogen and oxygen atoms in total. The maximum Gasteiger partial charge on any atom is 0.189 e. The van der Waals surface area contributed by atoms with Crippen LogP contribution in [-0.2, 0) is 4.74 Å². The second-order valence-electron chi connectivity index (χ2n) is 7.87. The fraction of sp³-hybridized carbons (Fsp3) is 0.333. The lowest BCUT2D eigenvalue weighted by Gasteiger charge is -2.26. The maximum absolute atomic E-state index is 9.16. The van der Waals surface area contributed by atoms with Crippen LogP contribution < -0.4 is 14.4 Å². The Morgan fingerprint density at radius 1 is 1.09 bits per heavy atom. The standard InChI is InChI=1S/C24H26N4O5.ClH/c1-30-21-12-17-19(13-22(21)32-9-3-6-28-7-10-31-11-8-28)26-15-27-23(17)18-14-25-24-16(18)4-2-5-20(24)33-29;/h2,4-5,12-15,25,29H,3,6-11H2,1H3;1H. The first-order valence-corrected chi connectivity index (χ1v) is 11.0. The number of nitrogens with zero attached hydrogens (tertiary/aromatic N) is 3. The Bertz CT molecular complexity index is 1260. The highest BCUT2D eigenvalue weighted by Gasteiger charge is 2.17. The maximum atomic E-state index is 9.16. The number of ether oxygens (including phenoxy) is 3. The molecule has 2 N–H and O–H groups in total. The minimum Gasteiger partial charge on any atom is -0.493 e. The molecule has 34 heavy (non-hydrogen) atoms. The van der Waals surface area contributed by atoms with Gasteiger partial charge in [0.2, 0.25) is 0 Å². The number of hydrogen-bond acceptors (Lipinski definition) is 8. The second kappa shape index (κ2) is 10.9. The van der Waals surface area contributed by atoms with Crippen molar-refractivity contribution < 1.29 is 24.4 Å². The molecule has 1 aliphatic heterocycles. The molecule has 1 fully saturated rings. The molecule has 3 heterocycles. The number of methoxy groups -OCH3 is 1. The molecule has 0 saturated carbocycles. The van der Waals surface area contributed by atoms with Crippen molar-refractivity contribution in [3.8, 4) is 28.5 Å². The van der Waals surface area contributed by atoms with Crippen molar-refractivity contribution in [2.75, 3.05) is 46.6 Å². The van der Waals surface area contributed by atoms with Crippen molar-refractivity contribution in [1.82, 2.24) is 19.9 Å². The van der Waals surface area contributed by atoms with Crippen LogP contribution in [0.1, 0.15) is 6.42 Å². The van der Waals surface area contributed by atoms with Gasteiger partial charge in [0.05, 0.1) is 43.7 Å². The Kier molecular flexibility index (Phi) is 7.69. The predicted octanol–water partition coefficient (Wildman–Crippen LogP) is 4.16. The fourth-order valence-corrected chi connectivity index (χ4v) is 4.24. The van der Waals surface area contributed by atoms with Gasteiger partial charge in [0.1, 0.15) is 6.33 Å². The lowest BCUT2D eigenvalue weighted by atomic mass is 10.0. The Morgan fingerprint density at radius 3 is 2.74 bits per heavy atom. The molecule has 0 radical (unpaired) electrons. The zero-order valence-electron chi connectivity index (χ0n) is 18.8. The number of H-pyrrole nitrogens is 1. The van der Waals surface area contributed by atoms with Crippen molar-refractivity contribution in [3.63, 3.8) is 0 Å². The molecule has 0 aliphatic carbocycles. The van der Waals surface area contributed by atoms with E-state index in [1.807, 2.05) is 30.5 Å². The summed E-state index contributed by atoms with van der Waals surface area (Å²) < 4.78 is 17.1. The lowest BCUT2D eigenvalue weighted by Crippen LogP contribution is -2.37. The van der Waals surface area contributed by atoms with Gasteiger partial charge in [-0.15, -0.1) is 12.4 Å². The van der Waals surface area contributed by atoms with Crippen molar-refractivity contribution >= 4 is 34.2 Å². The van der Waals surface area contributed by atoms with E-state index in [1.54, 1.807) is 13.2 Å². The molecule has 4 aromatic rings. The summed E-state index contributed by atoms with van der Waals surface area (Å²) in [6.45, 7) is 5.10. The molecule has 5 rings (SSSR count). The van der Waals surface area contributed by atoms with Crippen molar-refractivity contribution in [3.05, 3.63) is 42.9 Å². The summed E-state index contributed by atoms with van der Waals surface area (Å²) in [6.07, 6.45) is 4.30. The lowest BCUT2D eigenvalue weighted by molar-refractivity contribution is -0.136. The smallest absolute Gasteiger partial charge is 0.189 e. The van der Waals surface area contributed by atoms with Crippen LogP contribution in [-0.4, -0.2) is 71.7 Å². The SMILES string of the molecule is COc1cc2c(-c3c[nH]c4c(OO)cccc34)ncnc2cc1OCCCN1CCOCC1.Cl. The average molecular weight is 487 g/mol. The largest absolute Gasteiger partial charge is 0.493 e. The highest BCUT2D eigenvalue weighted by Crippen LogP contribution is 2.38. The molecule has 0 unspecified atom stereocenters. The fourth-order valence-electron chi connectivity index (χ4n) is 4.24. The number of morpholine rings is 1. The van der Waals surface area contributed by atoms with E-state index in [4.69, 9.17) is 19.5 Å². The quantitative estimate of drug-likeness (QED) is 0.217. The van der Waals surface area contributed by atoms with E-state index < -0.39 is 0 Å². The van der Waals surface area contributed by atoms with Crippen LogP contribution in [0.4, 0.5) is 0 Å². The number of halogens is 1. The molecule has 1 saturated heterocycles. The number of rotatable bonds is 8. The molecule has 180 valence electrons. The molecule has 0 bridgehead atoms. The van der Waals surface area contributed by atoms with Crippen LogP contribution in [0.2, 0.25) is 0 Å². The molecule has 2 aromatic carbocycles. The minimum atomic E-state index is 0. The first-order chi connectivity index (χ1) is 16.3. The summed E-state index contributed by atoms with van der Waals surface area (Å²) in [6, 6.07) is 9.25. The third-order valence-corrected chi connectivity index (χ3v) is 5.93. The number of para-hydroxylation sites is 1. The topological polar surface area (TPSA) is 102 Å². The summed E-state index contributed by atoms with van der Waals surface area (Å²) in [4.78, 5) is 19.0. The van der Waals surface area contributed by atoms with Gasteiger partial charge < -0.3 is 24.1 Å². The normalized spacial score (nSPS) is 14.2. The first kappa shape index (κ1) is 24.0. The van der Waals surface area contributed by atoms with Crippen LogP contribution >= 0.6 is 12.4 Å². The molecule has 0 spiro atoms. The molecular formula is C24H27ClN4O5. The van der Waals surface area contributed by atoms with E-state index in [0.717, 1.165) is 66.8 Å². The highest BCUT2D eigenvalue weighted by molar-refractivity contribution is 6.04. The van der Waals surface area contributed by atoms with Gasteiger partial charge in [0.15, 0.2) is 17.2 Å². The van der Waals surface area contributed by atoms with Gasteiger partial charge >= 0.3 is 0 Å². The molecule has 0 atom stereocenters. The number of hydrogen-bond donors (Lipinski definition) is 2. The van der Waals surface area contributed by atoms with Gasteiger partial charge in [-0.1, -0.05) is 12.1 Å². The van der Waals surface area contributed by atoms with Crippen LogP contribution in [0.15, 0.2) is 42.9 Å². The second-order valence-corrected chi connectivity index (χ2v) is 7.87. The van der Waals surface area contributed by atoms with E-state index in [2.05, 4.69) is 24.7 Å². The van der Waals surface area contributed by atoms with Crippen molar-refractivity contribution in [2.24, 2.45) is 0 Å².